The second-order valence-electron chi connectivity index (χ2n) is 8.52. The Morgan fingerprint density at radius 2 is 1.67 bits per heavy atom. The molecule has 190 valence electrons. The Hall–Kier alpha value is -3.89. The van der Waals surface area contributed by atoms with Gasteiger partial charge in [-0.05, 0) is 62.6 Å². The van der Waals surface area contributed by atoms with Crippen molar-refractivity contribution in [1.82, 2.24) is 14.9 Å². The molecular weight excluding hydrogens is 460 g/mol. The van der Waals surface area contributed by atoms with E-state index in [-0.39, 0.29) is 6.03 Å². The molecule has 1 aliphatic heterocycles. The fraction of sp³-hybridized carbons (Fsp3) is 0.346. The third-order valence-electron chi connectivity index (χ3n) is 5.59. The van der Waals surface area contributed by atoms with Gasteiger partial charge in [0.2, 0.25) is 0 Å². The van der Waals surface area contributed by atoms with Crippen molar-refractivity contribution >= 4 is 23.2 Å². The maximum absolute atomic E-state index is 12.4. The van der Waals surface area contributed by atoms with Crippen molar-refractivity contribution in [1.29, 1.82) is 0 Å². The smallest absolute Gasteiger partial charge is 0.323 e. The summed E-state index contributed by atoms with van der Waals surface area (Å²) in [6.45, 7) is 4.24. The van der Waals surface area contributed by atoms with Crippen LogP contribution in [-0.2, 0) is 4.74 Å². The van der Waals surface area contributed by atoms with Crippen LogP contribution in [0.5, 0.6) is 11.5 Å². The van der Waals surface area contributed by atoms with Gasteiger partial charge < -0.3 is 34.6 Å². The van der Waals surface area contributed by atoms with E-state index >= 15 is 0 Å². The molecule has 3 aromatic rings. The second kappa shape index (κ2) is 12.2. The van der Waals surface area contributed by atoms with Crippen LogP contribution in [0.1, 0.15) is 0 Å². The fourth-order valence-electron chi connectivity index (χ4n) is 3.62. The zero-order valence-electron chi connectivity index (χ0n) is 20.9. The third kappa shape index (κ3) is 6.83. The van der Waals surface area contributed by atoms with Crippen LogP contribution in [0.4, 0.5) is 22.0 Å². The van der Waals surface area contributed by atoms with Crippen molar-refractivity contribution in [2.24, 2.45) is 0 Å². The molecule has 0 unspecified atom stereocenters. The van der Waals surface area contributed by atoms with E-state index in [0.717, 1.165) is 36.8 Å². The van der Waals surface area contributed by atoms with Crippen LogP contribution in [0.25, 0.3) is 11.4 Å². The number of nitrogens with zero attached hydrogens (tertiary/aromatic N) is 4. The summed E-state index contributed by atoms with van der Waals surface area (Å²) in [7, 11) is 5.61. The average Bonchev–Trinajstić information content (AvgIpc) is 2.90. The standard InChI is InChI=1S/C26H32N6O4/c1-31(2)12-17-36-22-10-8-21(9-11-22)29-26(33)28-20-6-4-19(5-7-20)24-27-18-23(34-3)25(30-24)32-13-15-35-16-14-32/h4-11,18H,12-17H2,1-3H3,(H2,28,29,33). The average molecular weight is 493 g/mol. The van der Waals surface area contributed by atoms with E-state index in [9.17, 15) is 4.79 Å². The minimum Gasteiger partial charge on any atom is -0.492 e. The van der Waals surface area contributed by atoms with Gasteiger partial charge in [0.05, 0.1) is 26.5 Å². The number of rotatable bonds is 9. The Kier molecular flexibility index (Phi) is 8.53. The monoisotopic (exact) mass is 492 g/mol. The number of carbonyl (C=O) groups excluding carboxylic acids is 1. The van der Waals surface area contributed by atoms with Crippen molar-refractivity contribution in [3.05, 3.63) is 54.7 Å². The molecular formula is C26H32N6O4. The second-order valence-corrected chi connectivity index (χ2v) is 8.52. The molecule has 1 aliphatic rings. The van der Waals surface area contributed by atoms with Gasteiger partial charge in [0.1, 0.15) is 12.4 Å². The lowest BCUT2D eigenvalue weighted by molar-refractivity contribution is 0.122. The van der Waals surface area contributed by atoms with Crippen LogP contribution in [0.3, 0.4) is 0 Å². The van der Waals surface area contributed by atoms with Gasteiger partial charge in [-0.3, -0.25) is 0 Å². The van der Waals surface area contributed by atoms with Crippen molar-refractivity contribution in [3.8, 4) is 22.9 Å². The predicted octanol–water partition coefficient (Wildman–Crippen LogP) is 3.57. The van der Waals surface area contributed by atoms with Crippen LogP contribution in [-0.4, -0.2) is 81.6 Å². The lowest BCUT2D eigenvalue weighted by Crippen LogP contribution is -2.37. The molecule has 0 atom stereocenters. The SMILES string of the molecule is COc1cnc(-c2ccc(NC(=O)Nc3ccc(OCCN(C)C)cc3)cc2)nc1N1CCOCC1. The van der Waals surface area contributed by atoms with Crippen LogP contribution >= 0.6 is 0 Å². The van der Waals surface area contributed by atoms with E-state index in [2.05, 4.69) is 25.4 Å². The molecule has 2 aromatic carbocycles. The molecule has 2 N–H and O–H groups in total. The van der Waals surface area contributed by atoms with Crippen LogP contribution in [0.15, 0.2) is 54.7 Å². The highest BCUT2D eigenvalue weighted by molar-refractivity contribution is 5.99. The number of amides is 2. The number of methoxy groups -OCH3 is 1. The number of urea groups is 1. The first-order chi connectivity index (χ1) is 17.5. The summed E-state index contributed by atoms with van der Waals surface area (Å²) in [5.74, 6) is 2.72. The molecule has 1 fully saturated rings. The Morgan fingerprint density at radius 1 is 1.03 bits per heavy atom. The van der Waals surface area contributed by atoms with Crippen LogP contribution < -0.4 is 25.0 Å². The normalized spacial score (nSPS) is 13.4. The molecule has 0 radical (unpaired) electrons. The number of ether oxygens (including phenoxy) is 3. The van der Waals surface area contributed by atoms with Gasteiger partial charge in [0, 0.05) is 36.6 Å². The van der Waals surface area contributed by atoms with Gasteiger partial charge in [-0.1, -0.05) is 0 Å². The molecule has 1 aromatic heterocycles. The molecule has 10 nitrogen and oxygen atoms in total. The highest BCUT2D eigenvalue weighted by Crippen LogP contribution is 2.29. The quantitative estimate of drug-likeness (QED) is 0.468. The molecule has 4 rings (SSSR count). The number of hydrogen-bond donors (Lipinski definition) is 2. The van der Waals surface area contributed by atoms with Gasteiger partial charge in [-0.15, -0.1) is 0 Å². The zero-order valence-corrected chi connectivity index (χ0v) is 20.9. The van der Waals surface area contributed by atoms with E-state index in [0.29, 0.717) is 42.8 Å². The van der Waals surface area contributed by atoms with E-state index in [1.807, 2.05) is 50.5 Å². The molecule has 36 heavy (non-hydrogen) atoms. The Morgan fingerprint density at radius 3 is 2.28 bits per heavy atom. The van der Waals surface area contributed by atoms with Gasteiger partial charge in [0.25, 0.3) is 0 Å². The summed E-state index contributed by atoms with van der Waals surface area (Å²) in [5.41, 5.74) is 2.16. The minimum atomic E-state index is -0.334. The fourth-order valence-corrected chi connectivity index (χ4v) is 3.62. The molecule has 0 aliphatic carbocycles. The molecule has 2 heterocycles. The number of aromatic nitrogens is 2. The van der Waals surface area contributed by atoms with Gasteiger partial charge in [-0.25, -0.2) is 14.8 Å². The van der Waals surface area contributed by atoms with Crippen LogP contribution in [0, 0.1) is 0 Å². The lowest BCUT2D eigenvalue weighted by atomic mass is 10.2. The number of morpholine rings is 1. The van der Waals surface area contributed by atoms with Gasteiger partial charge in [-0.2, -0.15) is 0 Å². The summed E-state index contributed by atoms with van der Waals surface area (Å²) in [6, 6.07) is 14.3. The number of anilines is 3. The summed E-state index contributed by atoms with van der Waals surface area (Å²) >= 11 is 0. The first-order valence-corrected chi connectivity index (χ1v) is 11.8. The van der Waals surface area contributed by atoms with E-state index in [1.54, 1.807) is 25.4 Å². The van der Waals surface area contributed by atoms with Crippen LogP contribution in [0.2, 0.25) is 0 Å². The molecule has 0 spiro atoms. The molecule has 1 saturated heterocycles. The predicted molar refractivity (Wildman–Crippen MR) is 140 cm³/mol. The third-order valence-corrected chi connectivity index (χ3v) is 5.59. The van der Waals surface area contributed by atoms with Crippen molar-refractivity contribution < 1.29 is 19.0 Å². The largest absolute Gasteiger partial charge is 0.492 e. The highest BCUT2D eigenvalue weighted by atomic mass is 16.5. The number of carbonyl (C=O) groups is 1. The summed E-state index contributed by atoms with van der Waals surface area (Å²) in [5, 5.41) is 5.67. The Balaban J connectivity index is 1.35. The number of likely N-dealkylation sites (N-methyl/N-ethyl adjacent to an activating group) is 1. The number of benzene rings is 2. The first kappa shape index (κ1) is 25.2. The lowest BCUT2D eigenvalue weighted by Gasteiger charge is -2.28. The summed E-state index contributed by atoms with van der Waals surface area (Å²) in [6.07, 6.45) is 1.69. The minimum absolute atomic E-state index is 0.334. The van der Waals surface area contributed by atoms with Gasteiger partial charge in [0.15, 0.2) is 17.4 Å². The number of hydrogen-bond acceptors (Lipinski definition) is 8. The maximum Gasteiger partial charge on any atom is 0.323 e. The van der Waals surface area contributed by atoms with Gasteiger partial charge >= 0.3 is 6.03 Å². The van der Waals surface area contributed by atoms with Crippen molar-refractivity contribution in [2.75, 3.05) is 76.2 Å². The van der Waals surface area contributed by atoms with Crippen molar-refractivity contribution in [2.45, 2.75) is 0 Å². The maximum atomic E-state index is 12.4. The molecule has 2 amide bonds. The molecule has 10 heteroatoms. The Labute approximate surface area is 211 Å². The number of nitrogens with one attached hydrogen (secondary N) is 2. The zero-order chi connectivity index (χ0) is 25.3. The molecule has 0 bridgehead atoms. The first-order valence-electron chi connectivity index (χ1n) is 11.8. The Bertz CT molecular complexity index is 1130. The van der Waals surface area contributed by atoms with Crippen molar-refractivity contribution in [3.63, 3.8) is 0 Å². The molecule has 0 saturated carbocycles. The summed E-state index contributed by atoms with van der Waals surface area (Å²) < 4.78 is 16.6. The van der Waals surface area contributed by atoms with E-state index in [1.165, 1.54) is 0 Å². The van der Waals surface area contributed by atoms with E-state index in [4.69, 9.17) is 19.2 Å². The topological polar surface area (TPSA) is 101 Å². The summed E-state index contributed by atoms with van der Waals surface area (Å²) in [4.78, 5) is 25.8. The van der Waals surface area contributed by atoms with E-state index < -0.39 is 0 Å². The highest BCUT2D eigenvalue weighted by Gasteiger charge is 2.19.